The van der Waals surface area contributed by atoms with Crippen molar-refractivity contribution < 1.29 is 8.42 Å². The third-order valence-corrected chi connectivity index (χ3v) is 5.85. The van der Waals surface area contributed by atoms with Gasteiger partial charge < -0.3 is 5.73 Å². The first-order valence-corrected chi connectivity index (χ1v) is 8.04. The Morgan fingerprint density at radius 3 is 2.79 bits per heavy atom. The lowest BCUT2D eigenvalue weighted by Crippen LogP contribution is -2.40. The van der Waals surface area contributed by atoms with E-state index < -0.39 is 10.0 Å². The fraction of sp³-hybridized carbons (Fsp3) is 0.615. The lowest BCUT2D eigenvalue weighted by Gasteiger charge is -2.33. The summed E-state index contributed by atoms with van der Waals surface area (Å²) in [4.78, 5) is 3.98. The quantitative estimate of drug-likeness (QED) is 0.918. The van der Waals surface area contributed by atoms with Crippen LogP contribution in [-0.2, 0) is 10.0 Å². The Hall–Kier alpha value is -1.14. The molecule has 0 bridgehead atoms. The zero-order chi connectivity index (χ0) is 14.0. The number of nitrogens with two attached hydrogens (primary N) is 1. The van der Waals surface area contributed by atoms with Crippen LogP contribution in [-0.4, -0.2) is 30.8 Å². The Morgan fingerprint density at radius 2 is 2.16 bits per heavy atom. The van der Waals surface area contributed by atoms with Crippen molar-refractivity contribution in [2.75, 3.05) is 12.8 Å². The summed E-state index contributed by atoms with van der Waals surface area (Å²) in [5.41, 5.74) is 6.01. The van der Waals surface area contributed by atoms with Gasteiger partial charge in [-0.25, -0.2) is 8.42 Å². The third-order valence-electron chi connectivity index (χ3n) is 3.90. The van der Waals surface area contributed by atoms with Gasteiger partial charge in [0.2, 0.25) is 10.0 Å². The molecule has 1 aromatic heterocycles. The first-order chi connectivity index (χ1) is 8.93. The molecular weight excluding hydrogens is 262 g/mol. The van der Waals surface area contributed by atoms with Crippen LogP contribution < -0.4 is 5.73 Å². The number of hydrogen-bond acceptors (Lipinski definition) is 4. The minimum Gasteiger partial charge on any atom is -0.398 e. The molecule has 106 valence electrons. The van der Waals surface area contributed by atoms with E-state index in [1.54, 1.807) is 7.05 Å². The number of pyridine rings is 1. The third kappa shape index (κ3) is 2.90. The van der Waals surface area contributed by atoms with Gasteiger partial charge in [0.1, 0.15) is 4.90 Å². The monoisotopic (exact) mass is 283 g/mol. The molecule has 1 fully saturated rings. The largest absolute Gasteiger partial charge is 0.398 e. The normalized spacial score (nSPS) is 24.6. The van der Waals surface area contributed by atoms with Gasteiger partial charge in [0.15, 0.2) is 0 Å². The Labute approximate surface area is 114 Å². The Balaban J connectivity index is 2.27. The minimum atomic E-state index is -3.55. The van der Waals surface area contributed by atoms with Crippen molar-refractivity contribution in [1.29, 1.82) is 0 Å². The van der Waals surface area contributed by atoms with Gasteiger partial charge in [0.05, 0.1) is 5.69 Å². The second kappa shape index (κ2) is 5.46. The van der Waals surface area contributed by atoms with E-state index >= 15 is 0 Å². The average Bonchev–Trinajstić information content (AvgIpc) is 2.38. The number of aromatic nitrogens is 1. The van der Waals surface area contributed by atoms with E-state index in [2.05, 4.69) is 11.9 Å². The molecule has 6 heteroatoms. The highest BCUT2D eigenvalue weighted by Crippen LogP contribution is 2.30. The molecular formula is C13H21N3O2S. The summed E-state index contributed by atoms with van der Waals surface area (Å²) in [6.07, 6.45) is 6.91. The zero-order valence-electron chi connectivity index (χ0n) is 11.4. The van der Waals surface area contributed by atoms with Crippen LogP contribution in [0.2, 0.25) is 0 Å². The van der Waals surface area contributed by atoms with Crippen molar-refractivity contribution in [2.45, 2.75) is 43.5 Å². The van der Waals surface area contributed by atoms with Crippen LogP contribution in [0.3, 0.4) is 0 Å². The van der Waals surface area contributed by atoms with Crippen LogP contribution >= 0.6 is 0 Å². The van der Waals surface area contributed by atoms with Crippen molar-refractivity contribution >= 4 is 15.7 Å². The van der Waals surface area contributed by atoms with Crippen molar-refractivity contribution in [3.05, 3.63) is 18.5 Å². The number of hydrogen-bond donors (Lipinski definition) is 1. The topological polar surface area (TPSA) is 76.3 Å². The van der Waals surface area contributed by atoms with Crippen LogP contribution in [0.5, 0.6) is 0 Å². The second-order valence-electron chi connectivity index (χ2n) is 5.36. The molecule has 2 rings (SSSR count). The number of nitrogens with zero attached hydrogens (tertiary/aromatic N) is 2. The van der Waals surface area contributed by atoms with Crippen LogP contribution in [0.25, 0.3) is 0 Å². The number of nitrogen functional groups attached to an aromatic ring is 1. The molecule has 1 aromatic rings. The molecule has 1 saturated carbocycles. The first kappa shape index (κ1) is 14.3. The molecule has 5 nitrogen and oxygen atoms in total. The van der Waals surface area contributed by atoms with Crippen LogP contribution in [0, 0.1) is 5.92 Å². The van der Waals surface area contributed by atoms with Crippen LogP contribution in [0.4, 0.5) is 5.69 Å². The second-order valence-corrected chi connectivity index (χ2v) is 7.33. The maximum absolute atomic E-state index is 12.6. The average molecular weight is 283 g/mol. The maximum Gasteiger partial charge on any atom is 0.246 e. The molecule has 1 heterocycles. The standard InChI is InChI=1S/C13H21N3O2S/c1-10-4-3-5-11(8-10)16(2)19(17,18)13-9-15-7-6-12(13)14/h6-7,9-11H,3-5,8H2,1-2H3,(H2,14,15). The van der Waals surface area contributed by atoms with Crippen molar-refractivity contribution in [3.63, 3.8) is 0 Å². The van der Waals surface area contributed by atoms with Gasteiger partial charge >= 0.3 is 0 Å². The zero-order valence-corrected chi connectivity index (χ0v) is 12.2. The molecule has 1 aliphatic rings. The molecule has 0 aromatic carbocycles. The van der Waals surface area contributed by atoms with Gasteiger partial charge in [-0.2, -0.15) is 4.31 Å². The number of sulfonamides is 1. The van der Waals surface area contributed by atoms with E-state index in [-0.39, 0.29) is 16.6 Å². The Bertz CT molecular complexity index is 545. The van der Waals surface area contributed by atoms with E-state index in [9.17, 15) is 8.42 Å². The molecule has 0 amide bonds. The number of rotatable bonds is 3. The SMILES string of the molecule is CC1CCCC(N(C)S(=O)(=O)c2cnccc2N)C1. The fourth-order valence-electron chi connectivity index (χ4n) is 2.69. The predicted octanol–water partition coefficient (Wildman–Crippen LogP) is 1.86. The van der Waals surface area contributed by atoms with Crippen LogP contribution in [0.15, 0.2) is 23.4 Å². The summed E-state index contributed by atoms with van der Waals surface area (Å²) >= 11 is 0. The van der Waals surface area contributed by atoms with Gasteiger partial charge in [0.25, 0.3) is 0 Å². The van der Waals surface area contributed by atoms with Crippen molar-refractivity contribution in [2.24, 2.45) is 5.92 Å². The lowest BCUT2D eigenvalue weighted by molar-refractivity contribution is 0.239. The Morgan fingerprint density at radius 1 is 1.42 bits per heavy atom. The summed E-state index contributed by atoms with van der Waals surface area (Å²) in [6.45, 7) is 2.17. The lowest BCUT2D eigenvalue weighted by atomic mass is 9.87. The van der Waals surface area contributed by atoms with E-state index in [1.165, 1.54) is 29.2 Å². The smallest absolute Gasteiger partial charge is 0.246 e. The summed E-state index contributed by atoms with van der Waals surface area (Å²) in [5, 5.41) is 0. The van der Waals surface area contributed by atoms with E-state index in [4.69, 9.17) is 5.73 Å². The van der Waals surface area contributed by atoms with E-state index in [1.807, 2.05) is 0 Å². The van der Waals surface area contributed by atoms with Gasteiger partial charge in [-0.05, 0) is 24.8 Å². The molecule has 2 unspecified atom stereocenters. The summed E-state index contributed by atoms with van der Waals surface area (Å²) in [6, 6.07) is 1.58. The van der Waals surface area contributed by atoms with E-state index in [0.717, 1.165) is 19.3 Å². The minimum absolute atomic E-state index is 0.0633. The molecule has 2 N–H and O–H groups in total. The highest BCUT2D eigenvalue weighted by molar-refractivity contribution is 7.89. The van der Waals surface area contributed by atoms with E-state index in [0.29, 0.717) is 5.92 Å². The highest BCUT2D eigenvalue weighted by atomic mass is 32.2. The summed E-state index contributed by atoms with van der Waals surface area (Å²) in [7, 11) is -1.90. The molecule has 0 radical (unpaired) electrons. The number of anilines is 1. The van der Waals surface area contributed by atoms with Gasteiger partial charge in [-0.3, -0.25) is 4.98 Å². The van der Waals surface area contributed by atoms with Crippen LogP contribution in [0.1, 0.15) is 32.6 Å². The predicted molar refractivity (Wildman–Crippen MR) is 75.0 cm³/mol. The Kier molecular flexibility index (Phi) is 4.10. The van der Waals surface area contributed by atoms with Crippen molar-refractivity contribution in [1.82, 2.24) is 9.29 Å². The molecule has 2 atom stereocenters. The summed E-state index contributed by atoms with van der Waals surface area (Å²) < 4.78 is 26.6. The van der Waals surface area contributed by atoms with Crippen molar-refractivity contribution in [3.8, 4) is 0 Å². The van der Waals surface area contributed by atoms with Gasteiger partial charge in [0, 0.05) is 25.5 Å². The summed E-state index contributed by atoms with van der Waals surface area (Å²) in [5.74, 6) is 0.572. The molecule has 1 aliphatic carbocycles. The molecule has 0 spiro atoms. The fourth-order valence-corrected chi connectivity index (χ4v) is 4.14. The van der Waals surface area contributed by atoms with Gasteiger partial charge in [-0.15, -0.1) is 0 Å². The highest BCUT2D eigenvalue weighted by Gasteiger charge is 2.32. The first-order valence-electron chi connectivity index (χ1n) is 6.60. The molecule has 0 saturated heterocycles. The maximum atomic E-state index is 12.6. The molecule has 19 heavy (non-hydrogen) atoms. The molecule has 0 aliphatic heterocycles. The van der Waals surface area contributed by atoms with Gasteiger partial charge in [-0.1, -0.05) is 19.8 Å².